The Morgan fingerprint density at radius 3 is 2.58 bits per heavy atom. The molecule has 2 rings (SSSR count). The molecule has 0 radical (unpaired) electrons. The summed E-state index contributed by atoms with van der Waals surface area (Å²) in [5.41, 5.74) is 1.78. The number of carbonyl (C=O) groups is 1. The Labute approximate surface area is 158 Å². The molecule has 2 aromatic rings. The van der Waals surface area contributed by atoms with Crippen LogP contribution in [-0.2, 0) is 17.6 Å². The van der Waals surface area contributed by atoms with Gasteiger partial charge in [0, 0.05) is 24.4 Å². The van der Waals surface area contributed by atoms with Crippen LogP contribution in [0.15, 0.2) is 29.6 Å². The Kier molecular flexibility index (Phi) is 10.8. The van der Waals surface area contributed by atoms with Crippen LogP contribution in [0, 0.1) is 5.82 Å². The number of halogens is 3. The third-order valence-electron chi connectivity index (χ3n) is 3.31. The molecule has 4 nitrogen and oxygen atoms in total. The Hall–Kier alpha value is -1.21. The van der Waals surface area contributed by atoms with Crippen molar-refractivity contribution in [2.75, 3.05) is 13.6 Å². The Bertz CT molecular complexity index is 622. The molecule has 1 unspecified atom stereocenters. The van der Waals surface area contributed by atoms with E-state index < -0.39 is 0 Å². The molecule has 1 aromatic heterocycles. The Morgan fingerprint density at radius 2 is 1.96 bits per heavy atom. The van der Waals surface area contributed by atoms with E-state index in [0.29, 0.717) is 13.0 Å². The topological polar surface area (TPSA) is 54.0 Å². The largest absolute Gasteiger partial charge is 0.354 e. The number of carbonyl (C=O) groups excluding carboxylic acids is 1. The minimum absolute atomic E-state index is 0. The summed E-state index contributed by atoms with van der Waals surface area (Å²) in [6, 6.07) is 6.64. The molecule has 1 heterocycles. The van der Waals surface area contributed by atoms with Crippen molar-refractivity contribution in [1.82, 2.24) is 15.6 Å². The molecule has 0 spiro atoms. The van der Waals surface area contributed by atoms with Crippen LogP contribution in [0.25, 0.3) is 0 Å². The fourth-order valence-electron chi connectivity index (χ4n) is 1.88. The molecule has 0 fully saturated rings. The van der Waals surface area contributed by atoms with Crippen molar-refractivity contribution >= 4 is 42.1 Å². The third-order valence-corrected chi connectivity index (χ3v) is 4.21. The zero-order chi connectivity index (χ0) is 15.9. The van der Waals surface area contributed by atoms with Crippen LogP contribution in [0.1, 0.15) is 23.2 Å². The van der Waals surface area contributed by atoms with Gasteiger partial charge >= 0.3 is 0 Å². The predicted molar refractivity (Wildman–Crippen MR) is 101 cm³/mol. The van der Waals surface area contributed by atoms with Crippen molar-refractivity contribution in [3.05, 3.63) is 51.7 Å². The summed E-state index contributed by atoms with van der Waals surface area (Å²) in [6.45, 7) is 2.60. The zero-order valence-corrected chi connectivity index (χ0v) is 16.0. The number of nitrogens with zero attached hydrogens (tertiary/aromatic N) is 1. The SMILES string of the molecule is CNC(C)CNC(=O)Cc1csc(Cc2ccc(F)cc2)n1.Cl.Cl. The molecule has 0 aliphatic rings. The van der Waals surface area contributed by atoms with Gasteiger partial charge in [-0.2, -0.15) is 0 Å². The first-order chi connectivity index (χ1) is 10.6. The molecular weight excluding hydrogens is 372 g/mol. The number of amides is 1. The molecule has 0 aliphatic carbocycles. The summed E-state index contributed by atoms with van der Waals surface area (Å²) >= 11 is 1.52. The van der Waals surface area contributed by atoms with Crippen LogP contribution < -0.4 is 10.6 Å². The maximum Gasteiger partial charge on any atom is 0.226 e. The van der Waals surface area contributed by atoms with Crippen molar-refractivity contribution in [1.29, 1.82) is 0 Å². The number of hydrogen-bond acceptors (Lipinski definition) is 4. The van der Waals surface area contributed by atoms with Crippen LogP contribution in [0.2, 0.25) is 0 Å². The van der Waals surface area contributed by atoms with Gasteiger partial charge in [0.25, 0.3) is 0 Å². The number of rotatable bonds is 7. The zero-order valence-electron chi connectivity index (χ0n) is 13.5. The lowest BCUT2D eigenvalue weighted by Crippen LogP contribution is -2.37. The highest BCUT2D eigenvalue weighted by Gasteiger charge is 2.09. The minimum atomic E-state index is -0.240. The van der Waals surface area contributed by atoms with E-state index in [9.17, 15) is 9.18 Å². The smallest absolute Gasteiger partial charge is 0.226 e. The highest BCUT2D eigenvalue weighted by Crippen LogP contribution is 2.15. The van der Waals surface area contributed by atoms with Gasteiger partial charge in [0.05, 0.1) is 17.1 Å². The van der Waals surface area contributed by atoms with Crippen molar-refractivity contribution < 1.29 is 9.18 Å². The summed E-state index contributed by atoms with van der Waals surface area (Å²) in [6.07, 6.45) is 0.944. The van der Waals surface area contributed by atoms with Crippen molar-refractivity contribution in [2.24, 2.45) is 0 Å². The fourth-order valence-corrected chi connectivity index (χ4v) is 2.71. The van der Waals surface area contributed by atoms with Gasteiger partial charge < -0.3 is 10.6 Å². The lowest BCUT2D eigenvalue weighted by atomic mass is 10.1. The van der Waals surface area contributed by atoms with Gasteiger partial charge in [-0.1, -0.05) is 12.1 Å². The van der Waals surface area contributed by atoms with E-state index in [-0.39, 0.29) is 49.0 Å². The normalized spacial score (nSPS) is 11.1. The van der Waals surface area contributed by atoms with Crippen LogP contribution in [0.3, 0.4) is 0 Å². The van der Waals surface area contributed by atoms with E-state index in [0.717, 1.165) is 16.3 Å². The van der Waals surface area contributed by atoms with Gasteiger partial charge in [0.1, 0.15) is 5.82 Å². The molecular formula is C16H22Cl2FN3OS. The van der Waals surface area contributed by atoms with Gasteiger partial charge in [-0.25, -0.2) is 9.37 Å². The molecule has 0 saturated carbocycles. The lowest BCUT2D eigenvalue weighted by molar-refractivity contribution is -0.120. The Balaban J connectivity index is 0.00000264. The average Bonchev–Trinajstić information content (AvgIpc) is 2.94. The van der Waals surface area contributed by atoms with Gasteiger partial charge in [-0.3, -0.25) is 4.79 Å². The molecule has 0 bridgehead atoms. The highest BCUT2D eigenvalue weighted by atomic mass is 35.5. The van der Waals surface area contributed by atoms with Crippen molar-refractivity contribution in [3.8, 4) is 0 Å². The molecule has 134 valence electrons. The lowest BCUT2D eigenvalue weighted by Gasteiger charge is -2.10. The molecule has 24 heavy (non-hydrogen) atoms. The maximum absolute atomic E-state index is 12.9. The first-order valence-corrected chi connectivity index (χ1v) is 8.06. The second kappa shape index (κ2) is 11.4. The predicted octanol–water partition coefficient (Wildman–Crippen LogP) is 2.98. The Morgan fingerprint density at radius 1 is 1.29 bits per heavy atom. The first-order valence-electron chi connectivity index (χ1n) is 7.18. The molecule has 1 amide bonds. The van der Waals surface area contributed by atoms with E-state index in [1.807, 2.05) is 19.4 Å². The number of likely N-dealkylation sites (N-methyl/N-ethyl adjacent to an activating group) is 1. The van der Waals surface area contributed by atoms with Gasteiger partial charge in [0.15, 0.2) is 0 Å². The molecule has 0 saturated heterocycles. The second-order valence-electron chi connectivity index (χ2n) is 5.21. The summed E-state index contributed by atoms with van der Waals surface area (Å²) in [4.78, 5) is 16.3. The molecule has 1 atom stereocenters. The van der Waals surface area contributed by atoms with E-state index in [1.165, 1.54) is 23.5 Å². The van der Waals surface area contributed by atoms with Crippen LogP contribution in [0.4, 0.5) is 4.39 Å². The molecule has 2 N–H and O–H groups in total. The fraction of sp³-hybridized carbons (Fsp3) is 0.375. The third kappa shape index (κ3) is 7.57. The van der Waals surface area contributed by atoms with Gasteiger partial charge in [-0.05, 0) is 31.7 Å². The summed E-state index contributed by atoms with van der Waals surface area (Å²) < 4.78 is 12.9. The molecule has 8 heteroatoms. The van der Waals surface area contributed by atoms with E-state index in [1.54, 1.807) is 12.1 Å². The molecule has 0 aliphatic heterocycles. The van der Waals surface area contributed by atoms with Crippen LogP contribution >= 0.6 is 36.2 Å². The average molecular weight is 394 g/mol. The van der Waals surface area contributed by atoms with Crippen LogP contribution in [-0.4, -0.2) is 30.5 Å². The van der Waals surface area contributed by atoms with E-state index in [2.05, 4.69) is 15.6 Å². The van der Waals surface area contributed by atoms with Gasteiger partial charge in [0.2, 0.25) is 5.91 Å². The number of nitrogens with one attached hydrogen (secondary N) is 2. The first kappa shape index (κ1) is 22.8. The maximum atomic E-state index is 12.9. The monoisotopic (exact) mass is 393 g/mol. The van der Waals surface area contributed by atoms with Crippen LogP contribution in [0.5, 0.6) is 0 Å². The number of thiazole rings is 1. The number of hydrogen-bond donors (Lipinski definition) is 2. The van der Waals surface area contributed by atoms with E-state index in [4.69, 9.17) is 0 Å². The summed E-state index contributed by atoms with van der Waals surface area (Å²) in [5.74, 6) is -0.267. The number of benzene rings is 1. The van der Waals surface area contributed by atoms with Crippen molar-refractivity contribution in [2.45, 2.75) is 25.8 Å². The highest BCUT2D eigenvalue weighted by molar-refractivity contribution is 7.09. The standard InChI is InChI=1S/C16H20FN3OS.2ClH/c1-11(18-2)9-19-15(21)8-14-10-22-16(20-14)7-12-3-5-13(17)6-4-12;;/h3-6,10-11,18H,7-9H2,1-2H3,(H,19,21);2*1H. The quantitative estimate of drug-likeness (QED) is 0.759. The van der Waals surface area contributed by atoms with E-state index >= 15 is 0 Å². The minimum Gasteiger partial charge on any atom is -0.354 e. The molecule has 1 aromatic carbocycles. The number of aromatic nitrogens is 1. The second-order valence-corrected chi connectivity index (χ2v) is 6.15. The summed E-state index contributed by atoms with van der Waals surface area (Å²) in [5, 5.41) is 8.76. The summed E-state index contributed by atoms with van der Waals surface area (Å²) in [7, 11) is 1.86. The van der Waals surface area contributed by atoms with Crippen molar-refractivity contribution in [3.63, 3.8) is 0 Å². The van der Waals surface area contributed by atoms with Gasteiger partial charge in [-0.15, -0.1) is 36.2 Å².